The summed E-state index contributed by atoms with van der Waals surface area (Å²) in [5, 5.41) is 2.68. The van der Waals surface area contributed by atoms with Gasteiger partial charge in [-0.15, -0.1) is 0 Å². The van der Waals surface area contributed by atoms with Gasteiger partial charge in [-0.25, -0.2) is 0 Å². The molecule has 1 aromatic carbocycles. The van der Waals surface area contributed by atoms with Gasteiger partial charge in [-0.2, -0.15) is 0 Å². The summed E-state index contributed by atoms with van der Waals surface area (Å²) in [6.45, 7) is 0.582. The molecule has 0 aliphatic rings. The Labute approximate surface area is 134 Å². The van der Waals surface area contributed by atoms with Crippen molar-refractivity contribution < 1.29 is 14.3 Å². The van der Waals surface area contributed by atoms with Crippen LogP contribution in [-0.4, -0.2) is 24.2 Å². The minimum Gasteiger partial charge on any atom is -0.483 e. The van der Waals surface area contributed by atoms with E-state index in [1.165, 1.54) is 13.2 Å². The summed E-state index contributed by atoms with van der Waals surface area (Å²) in [6, 6.07) is 11.1. The van der Waals surface area contributed by atoms with Crippen LogP contribution < -0.4 is 15.5 Å². The lowest BCUT2D eigenvalue weighted by molar-refractivity contribution is -0.124. The maximum atomic E-state index is 12.1. The second-order valence-corrected chi connectivity index (χ2v) is 5.09. The highest BCUT2D eigenvalue weighted by molar-refractivity contribution is 5.77. The number of nitrogens with one attached hydrogen (secondary N) is 1. The maximum Gasteiger partial charge on any atom is 0.246 e. The van der Waals surface area contributed by atoms with Crippen LogP contribution in [-0.2, 0) is 29.7 Å². The number of benzene rings is 1. The van der Waals surface area contributed by atoms with Gasteiger partial charge in [0.05, 0.1) is 12.7 Å². The molecule has 1 aromatic heterocycles. The molecule has 0 bridgehead atoms. The van der Waals surface area contributed by atoms with E-state index >= 15 is 0 Å². The average Bonchev–Trinajstić information content (AvgIpc) is 2.55. The highest BCUT2D eigenvalue weighted by atomic mass is 16.5. The third-order valence-electron chi connectivity index (χ3n) is 3.28. The summed E-state index contributed by atoms with van der Waals surface area (Å²) < 4.78 is 12.1. The van der Waals surface area contributed by atoms with Crippen molar-refractivity contribution in [3.8, 4) is 5.75 Å². The number of carbonyl (C=O) groups is 1. The van der Waals surface area contributed by atoms with Crippen LogP contribution in [0.4, 0.5) is 0 Å². The molecule has 0 aliphatic carbocycles. The van der Waals surface area contributed by atoms with Gasteiger partial charge in [0.2, 0.25) is 11.3 Å². The van der Waals surface area contributed by atoms with Crippen molar-refractivity contribution in [2.75, 3.05) is 13.7 Å². The van der Waals surface area contributed by atoms with Gasteiger partial charge in [-0.1, -0.05) is 30.3 Å². The van der Waals surface area contributed by atoms with Gasteiger partial charge in [0.15, 0.2) is 5.75 Å². The molecule has 0 fully saturated rings. The lowest BCUT2D eigenvalue weighted by Gasteiger charge is -2.12. The number of ether oxygens (including phenoxy) is 2. The number of aromatic nitrogens is 1. The van der Waals surface area contributed by atoms with Crippen LogP contribution in [0.1, 0.15) is 11.3 Å². The standard InChI is InChI=1S/C17H20N2O4/c1-19-10-16(23-11-13-6-4-3-5-7-13)15(20)8-14(19)9-18-17(21)12-22-2/h3-8,10H,9,11-12H2,1-2H3,(H,18,21). The van der Waals surface area contributed by atoms with Crippen molar-refractivity contribution in [1.82, 2.24) is 9.88 Å². The smallest absolute Gasteiger partial charge is 0.246 e. The molecule has 1 amide bonds. The monoisotopic (exact) mass is 316 g/mol. The van der Waals surface area contributed by atoms with Gasteiger partial charge in [0.1, 0.15) is 13.2 Å². The normalized spacial score (nSPS) is 10.3. The fourth-order valence-electron chi connectivity index (χ4n) is 2.04. The lowest BCUT2D eigenvalue weighted by Crippen LogP contribution is -2.28. The predicted molar refractivity (Wildman–Crippen MR) is 86.2 cm³/mol. The largest absolute Gasteiger partial charge is 0.483 e. The molecular formula is C17H20N2O4. The van der Waals surface area contributed by atoms with E-state index in [-0.39, 0.29) is 30.2 Å². The molecule has 23 heavy (non-hydrogen) atoms. The molecule has 2 aromatic rings. The Hall–Kier alpha value is -2.60. The molecule has 0 saturated heterocycles. The Morgan fingerprint density at radius 1 is 1.26 bits per heavy atom. The van der Waals surface area contributed by atoms with Gasteiger partial charge >= 0.3 is 0 Å². The Morgan fingerprint density at radius 3 is 2.70 bits per heavy atom. The average molecular weight is 316 g/mol. The molecule has 0 spiro atoms. The topological polar surface area (TPSA) is 69.6 Å². The summed E-state index contributed by atoms with van der Waals surface area (Å²) in [5.74, 6) is 0.0488. The van der Waals surface area contributed by atoms with Crippen molar-refractivity contribution in [1.29, 1.82) is 0 Å². The van der Waals surface area contributed by atoms with Crippen LogP contribution >= 0.6 is 0 Å². The van der Waals surface area contributed by atoms with Crippen molar-refractivity contribution >= 4 is 5.91 Å². The number of aryl methyl sites for hydroxylation is 1. The van der Waals surface area contributed by atoms with E-state index in [4.69, 9.17) is 9.47 Å². The van der Waals surface area contributed by atoms with E-state index in [0.717, 1.165) is 5.56 Å². The number of hydrogen-bond acceptors (Lipinski definition) is 4. The van der Waals surface area contributed by atoms with E-state index in [0.29, 0.717) is 12.3 Å². The number of hydrogen-bond donors (Lipinski definition) is 1. The van der Waals surface area contributed by atoms with Gasteiger partial charge in [-0.3, -0.25) is 9.59 Å². The number of amides is 1. The molecule has 2 rings (SSSR count). The number of rotatable bonds is 7. The van der Waals surface area contributed by atoms with E-state index in [1.54, 1.807) is 17.8 Å². The SMILES string of the molecule is COCC(=O)NCc1cc(=O)c(OCc2ccccc2)cn1C. The Morgan fingerprint density at radius 2 is 2.00 bits per heavy atom. The summed E-state index contributed by atoms with van der Waals surface area (Å²) in [4.78, 5) is 23.5. The van der Waals surface area contributed by atoms with Crippen molar-refractivity contribution in [2.24, 2.45) is 7.05 Å². The minimum absolute atomic E-state index is 0.00772. The highest BCUT2D eigenvalue weighted by Crippen LogP contribution is 2.09. The van der Waals surface area contributed by atoms with Crippen LogP contribution in [0.2, 0.25) is 0 Å². The molecule has 0 atom stereocenters. The zero-order valence-electron chi connectivity index (χ0n) is 13.2. The second-order valence-electron chi connectivity index (χ2n) is 5.09. The van der Waals surface area contributed by atoms with Crippen LogP contribution in [0.5, 0.6) is 5.75 Å². The molecule has 1 heterocycles. The van der Waals surface area contributed by atoms with Crippen molar-refractivity contribution in [2.45, 2.75) is 13.2 Å². The fraction of sp³-hybridized carbons (Fsp3) is 0.294. The quantitative estimate of drug-likeness (QED) is 0.834. The molecule has 1 N–H and O–H groups in total. The fourth-order valence-corrected chi connectivity index (χ4v) is 2.04. The highest BCUT2D eigenvalue weighted by Gasteiger charge is 2.07. The Kier molecular flexibility index (Phi) is 5.94. The molecule has 0 saturated carbocycles. The molecule has 6 nitrogen and oxygen atoms in total. The second kappa shape index (κ2) is 8.14. The van der Waals surface area contributed by atoms with Crippen LogP contribution in [0, 0.1) is 0 Å². The van der Waals surface area contributed by atoms with E-state index in [1.807, 2.05) is 30.3 Å². The lowest BCUT2D eigenvalue weighted by atomic mass is 10.2. The predicted octanol–water partition coefficient (Wildman–Crippen LogP) is 1.23. The van der Waals surface area contributed by atoms with Crippen LogP contribution in [0.15, 0.2) is 47.4 Å². The summed E-state index contributed by atoms with van der Waals surface area (Å²) >= 11 is 0. The molecule has 0 unspecified atom stereocenters. The zero-order valence-corrected chi connectivity index (χ0v) is 13.2. The molecular weight excluding hydrogens is 296 g/mol. The number of nitrogens with zero attached hydrogens (tertiary/aromatic N) is 1. The maximum absolute atomic E-state index is 12.1. The first-order valence-corrected chi connectivity index (χ1v) is 7.22. The van der Waals surface area contributed by atoms with Crippen molar-refractivity contribution in [3.05, 3.63) is 64.1 Å². The Balaban J connectivity index is 2.02. The van der Waals surface area contributed by atoms with E-state index in [2.05, 4.69) is 5.32 Å². The summed E-state index contributed by atoms with van der Waals surface area (Å²) in [6.07, 6.45) is 1.63. The first-order valence-electron chi connectivity index (χ1n) is 7.22. The number of carbonyl (C=O) groups excluding carboxylic acids is 1. The minimum atomic E-state index is -0.232. The van der Waals surface area contributed by atoms with E-state index < -0.39 is 0 Å². The van der Waals surface area contributed by atoms with E-state index in [9.17, 15) is 9.59 Å². The molecule has 0 radical (unpaired) electrons. The first-order chi connectivity index (χ1) is 11.1. The third-order valence-corrected chi connectivity index (χ3v) is 3.28. The summed E-state index contributed by atoms with van der Waals surface area (Å²) in [5.41, 5.74) is 1.46. The van der Waals surface area contributed by atoms with Crippen molar-refractivity contribution in [3.63, 3.8) is 0 Å². The van der Waals surface area contributed by atoms with Gasteiger partial charge in [0, 0.05) is 25.9 Å². The summed E-state index contributed by atoms with van der Waals surface area (Å²) in [7, 11) is 3.25. The van der Waals surface area contributed by atoms with Gasteiger partial charge < -0.3 is 19.4 Å². The van der Waals surface area contributed by atoms with Crippen LogP contribution in [0.25, 0.3) is 0 Å². The molecule has 6 heteroatoms. The number of pyridine rings is 1. The molecule has 122 valence electrons. The van der Waals surface area contributed by atoms with Gasteiger partial charge in [-0.05, 0) is 5.56 Å². The first kappa shape index (κ1) is 16.8. The molecule has 0 aliphatic heterocycles. The number of methoxy groups -OCH3 is 1. The third kappa shape index (κ3) is 4.96. The van der Waals surface area contributed by atoms with Crippen LogP contribution in [0.3, 0.4) is 0 Å². The Bertz CT molecular complexity index is 710. The van der Waals surface area contributed by atoms with Gasteiger partial charge in [0.25, 0.3) is 0 Å². The zero-order chi connectivity index (χ0) is 16.7.